The Morgan fingerprint density at radius 3 is 3.11 bits per heavy atom. The molecular formula is C12H11BrN4S. The van der Waals surface area contributed by atoms with Crippen LogP contribution in [0.25, 0.3) is 5.52 Å². The summed E-state index contributed by atoms with van der Waals surface area (Å²) in [6.07, 6.45) is 7.97. The van der Waals surface area contributed by atoms with Gasteiger partial charge in [-0.1, -0.05) is 0 Å². The third-order valence-corrected chi connectivity index (χ3v) is 4.52. The lowest BCUT2D eigenvalue weighted by molar-refractivity contribution is 0.736. The van der Waals surface area contributed by atoms with E-state index in [0.29, 0.717) is 0 Å². The Morgan fingerprint density at radius 1 is 1.44 bits per heavy atom. The number of nitrogens with zero attached hydrogens (tertiary/aromatic N) is 3. The third-order valence-electron chi connectivity index (χ3n) is 2.80. The largest absolute Gasteiger partial charge is 0.324 e. The van der Waals surface area contributed by atoms with Crippen LogP contribution in [0.4, 0.5) is 0 Å². The highest BCUT2D eigenvalue weighted by molar-refractivity contribution is 9.10. The van der Waals surface area contributed by atoms with Crippen molar-refractivity contribution in [2.24, 2.45) is 5.73 Å². The summed E-state index contributed by atoms with van der Waals surface area (Å²) in [5.74, 6) is 0. The van der Waals surface area contributed by atoms with Gasteiger partial charge in [0, 0.05) is 45.1 Å². The number of aromatic nitrogens is 3. The van der Waals surface area contributed by atoms with Gasteiger partial charge in [0.1, 0.15) is 0 Å². The van der Waals surface area contributed by atoms with Gasteiger partial charge >= 0.3 is 0 Å². The lowest BCUT2D eigenvalue weighted by atomic mass is 10.1. The van der Waals surface area contributed by atoms with Gasteiger partial charge in [-0.3, -0.25) is 4.98 Å². The van der Waals surface area contributed by atoms with Crippen molar-refractivity contribution < 1.29 is 0 Å². The molecule has 0 aliphatic carbocycles. The van der Waals surface area contributed by atoms with Gasteiger partial charge in [0.25, 0.3) is 0 Å². The first kappa shape index (κ1) is 11.8. The van der Waals surface area contributed by atoms with Crippen LogP contribution < -0.4 is 5.73 Å². The van der Waals surface area contributed by atoms with Gasteiger partial charge < -0.3 is 5.73 Å². The van der Waals surface area contributed by atoms with E-state index >= 15 is 0 Å². The second kappa shape index (κ2) is 4.79. The number of halogens is 1. The Kier molecular flexibility index (Phi) is 3.15. The summed E-state index contributed by atoms with van der Waals surface area (Å²) in [6, 6.07) is 2.05. The molecule has 92 valence electrons. The summed E-state index contributed by atoms with van der Waals surface area (Å²) in [4.78, 5) is 5.38. The fourth-order valence-electron chi connectivity index (χ4n) is 1.93. The second-order valence-electron chi connectivity index (χ2n) is 4.05. The van der Waals surface area contributed by atoms with E-state index in [2.05, 4.69) is 37.5 Å². The fraction of sp³-hybridized carbons (Fsp3) is 0.167. The van der Waals surface area contributed by atoms with E-state index in [-0.39, 0.29) is 6.04 Å². The average molecular weight is 323 g/mol. The number of nitrogens with two attached hydrogens (primary N) is 1. The third kappa shape index (κ3) is 2.19. The van der Waals surface area contributed by atoms with E-state index < -0.39 is 0 Å². The number of hydrogen-bond acceptors (Lipinski definition) is 4. The number of hydrogen-bond donors (Lipinski definition) is 1. The van der Waals surface area contributed by atoms with Gasteiger partial charge in [0.2, 0.25) is 0 Å². The number of thiophene rings is 1. The quantitative estimate of drug-likeness (QED) is 0.806. The second-order valence-corrected chi connectivity index (χ2v) is 5.96. The van der Waals surface area contributed by atoms with E-state index in [9.17, 15) is 0 Å². The molecule has 1 atom stereocenters. The van der Waals surface area contributed by atoms with E-state index in [4.69, 9.17) is 5.73 Å². The minimum atomic E-state index is -0.0581. The highest BCUT2D eigenvalue weighted by Crippen LogP contribution is 2.25. The van der Waals surface area contributed by atoms with Gasteiger partial charge in [-0.2, -0.15) is 5.10 Å². The molecule has 0 radical (unpaired) electrons. The van der Waals surface area contributed by atoms with E-state index in [1.807, 2.05) is 12.4 Å². The van der Waals surface area contributed by atoms with Crippen molar-refractivity contribution in [1.82, 2.24) is 14.6 Å². The summed E-state index contributed by atoms with van der Waals surface area (Å²) >= 11 is 5.16. The van der Waals surface area contributed by atoms with Crippen LogP contribution in [-0.2, 0) is 6.42 Å². The molecule has 3 aromatic rings. The Balaban J connectivity index is 1.90. The summed E-state index contributed by atoms with van der Waals surface area (Å²) in [5.41, 5.74) is 8.26. The van der Waals surface area contributed by atoms with Crippen molar-refractivity contribution in [3.63, 3.8) is 0 Å². The molecule has 4 nitrogen and oxygen atoms in total. The highest BCUT2D eigenvalue weighted by atomic mass is 79.9. The number of rotatable bonds is 3. The molecule has 0 saturated carbocycles. The van der Waals surface area contributed by atoms with Crippen LogP contribution in [0.1, 0.15) is 16.5 Å². The molecule has 0 bridgehead atoms. The first-order valence-electron chi connectivity index (χ1n) is 5.50. The molecule has 0 aromatic carbocycles. The monoisotopic (exact) mass is 322 g/mol. The summed E-state index contributed by atoms with van der Waals surface area (Å²) in [6.45, 7) is 0. The first-order chi connectivity index (χ1) is 8.74. The molecule has 6 heteroatoms. The van der Waals surface area contributed by atoms with E-state index in [1.165, 1.54) is 4.88 Å². The molecule has 0 spiro atoms. The molecule has 3 heterocycles. The Labute approximate surface area is 117 Å². The minimum Gasteiger partial charge on any atom is -0.324 e. The van der Waals surface area contributed by atoms with Gasteiger partial charge in [-0.15, -0.1) is 11.3 Å². The first-order valence-corrected chi connectivity index (χ1v) is 7.17. The number of fused-ring (bicyclic) bond motifs is 1. The van der Waals surface area contributed by atoms with Crippen LogP contribution in [0, 0.1) is 0 Å². The van der Waals surface area contributed by atoms with Crippen LogP contribution in [0.3, 0.4) is 0 Å². The molecule has 0 fully saturated rings. The Bertz CT molecular complexity index is 675. The van der Waals surface area contributed by atoms with E-state index in [0.717, 1.165) is 22.0 Å². The Morgan fingerprint density at radius 2 is 2.33 bits per heavy atom. The normalized spacial score (nSPS) is 13.0. The molecule has 1 unspecified atom stereocenters. The van der Waals surface area contributed by atoms with Crippen LogP contribution in [-0.4, -0.2) is 14.6 Å². The lowest BCUT2D eigenvalue weighted by Gasteiger charge is -2.08. The predicted octanol–water partition coefficient (Wildman–Crippen LogP) is 2.80. The van der Waals surface area contributed by atoms with Crippen LogP contribution >= 0.6 is 27.3 Å². The van der Waals surface area contributed by atoms with Gasteiger partial charge in [-0.25, -0.2) is 4.52 Å². The van der Waals surface area contributed by atoms with Crippen molar-refractivity contribution in [3.8, 4) is 0 Å². The summed E-state index contributed by atoms with van der Waals surface area (Å²) in [5, 5.41) is 6.35. The smallest absolute Gasteiger partial charge is 0.0892 e. The topological polar surface area (TPSA) is 56.2 Å². The van der Waals surface area contributed by atoms with Crippen molar-refractivity contribution in [3.05, 3.63) is 51.1 Å². The van der Waals surface area contributed by atoms with Gasteiger partial charge in [0.05, 0.1) is 17.9 Å². The highest BCUT2D eigenvalue weighted by Gasteiger charge is 2.13. The maximum absolute atomic E-state index is 6.26. The molecule has 0 saturated heterocycles. The standard InChI is InChI=1S/C12H11BrN4S/c13-8-3-9(18-7-8)4-11(14)10-5-16-17-2-1-15-6-12(10)17/h1-3,5-7,11H,4,14H2. The zero-order valence-corrected chi connectivity index (χ0v) is 11.9. The molecule has 18 heavy (non-hydrogen) atoms. The Hall–Kier alpha value is -1.24. The maximum atomic E-state index is 6.26. The van der Waals surface area contributed by atoms with Gasteiger partial charge in [-0.05, 0) is 22.0 Å². The maximum Gasteiger partial charge on any atom is 0.0892 e. The molecule has 3 rings (SSSR count). The fourth-order valence-corrected chi connectivity index (χ4v) is 3.44. The molecule has 3 aromatic heterocycles. The van der Waals surface area contributed by atoms with Crippen molar-refractivity contribution in [2.75, 3.05) is 0 Å². The summed E-state index contributed by atoms with van der Waals surface area (Å²) in [7, 11) is 0. The molecule has 0 amide bonds. The van der Waals surface area contributed by atoms with Crippen molar-refractivity contribution in [1.29, 1.82) is 0 Å². The predicted molar refractivity (Wildman–Crippen MR) is 75.6 cm³/mol. The summed E-state index contributed by atoms with van der Waals surface area (Å²) < 4.78 is 2.91. The van der Waals surface area contributed by atoms with E-state index in [1.54, 1.807) is 28.2 Å². The minimum absolute atomic E-state index is 0.0581. The zero-order valence-electron chi connectivity index (χ0n) is 9.45. The van der Waals surface area contributed by atoms with Crippen molar-refractivity contribution in [2.45, 2.75) is 12.5 Å². The van der Waals surface area contributed by atoms with Gasteiger partial charge in [0.15, 0.2) is 0 Å². The van der Waals surface area contributed by atoms with Crippen molar-refractivity contribution >= 4 is 32.8 Å². The average Bonchev–Trinajstić information content (AvgIpc) is 2.95. The molecule has 0 aliphatic rings. The van der Waals surface area contributed by atoms with Crippen LogP contribution in [0.5, 0.6) is 0 Å². The molecular weight excluding hydrogens is 312 g/mol. The molecule has 2 N–H and O–H groups in total. The lowest BCUT2D eigenvalue weighted by Crippen LogP contribution is -2.12. The van der Waals surface area contributed by atoms with Crippen LogP contribution in [0.2, 0.25) is 0 Å². The van der Waals surface area contributed by atoms with Crippen LogP contribution in [0.15, 0.2) is 40.7 Å². The molecule has 0 aliphatic heterocycles. The zero-order chi connectivity index (χ0) is 12.5. The SMILES string of the molecule is NC(Cc1cc(Br)cs1)c1cnn2ccncc12.